The van der Waals surface area contributed by atoms with E-state index in [1.54, 1.807) is 45.9 Å². The average molecular weight is 909 g/mol. The van der Waals surface area contributed by atoms with Crippen molar-refractivity contribution in [3.8, 4) is 0 Å². The Bertz CT molecular complexity index is 1720. The number of fused-ring (bicyclic) bond motifs is 6. The lowest BCUT2D eigenvalue weighted by Crippen LogP contribution is -2.64. The summed E-state index contributed by atoms with van der Waals surface area (Å²) >= 11 is 0. The van der Waals surface area contributed by atoms with Gasteiger partial charge in [-0.1, -0.05) is 77.0 Å². The van der Waals surface area contributed by atoms with E-state index in [-0.39, 0.29) is 57.8 Å². The first-order valence-electron chi connectivity index (χ1n) is 22.4. The average Bonchev–Trinajstić information content (AvgIpc) is 3.19. The van der Waals surface area contributed by atoms with Crippen molar-refractivity contribution in [2.75, 3.05) is 14.2 Å². The number of aliphatic hydroxyl groups is 5. The second-order valence-electron chi connectivity index (χ2n) is 18.8. The predicted octanol–water partition coefficient (Wildman–Crippen LogP) is 4.15. The quantitative estimate of drug-likeness (QED) is 0.0680. The SMILES string of the molecule is CCC/C=C/C=C/C(=O)O[C@H]1[C@H](CC(=O)OC)C[C@H]2C[C@H]([C@H](C)O)O[C@H](O)C[C@H](O)C[C@@H]3C[C@H](OC(C)=O)C(C)(C)[C@](O)(C[C@@H]4C/C(=C/C(=O)OC)C[C@H](/C=C/C(C)(C)[C@]1(O)O2)O4)O3. The first-order chi connectivity index (χ1) is 29.9. The van der Waals surface area contributed by atoms with E-state index < -0.39 is 113 Å². The van der Waals surface area contributed by atoms with Crippen molar-refractivity contribution in [3.05, 3.63) is 48.1 Å². The summed E-state index contributed by atoms with van der Waals surface area (Å²) in [5.41, 5.74) is -2.06. The number of hydrogen-bond acceptors (Lipinski definition) is 17. The third-order valence-electron chi connectivity index (χ3n) is 12.9. The number of unbranched alkanes of at least 4 members (excludes halogenated alkanes) is 1. The summed E-state index contributed by atoms with van der Waals surface area (Å²) in [5.74, 6) is -7.93. The van der Waals surface area contributed by atoms with Gasteiger partial charge in [0.2, 0.25) is 5.79 Å². The standard InChI is InChI=1S/C47H72O17/c1-10-11-12-13-14-15-39(51)62-43-31(22-41(53)58-9)21-34-25-37(28(2)48)61-42(54)24-32(50)23-35-26-38(59-29(3)49)45(6,7)46(55,63-35)27-36-19-30(20-40(52)57-8)18-33(60-36)16-17-44(4,5)47(43,56)64-34/h12-17,20,28,31-38,42-43,48,50,54-56H,10-11,18-19,21-27H2,1-9H3/b13-12+,15-14+,17-16+,30-20+/t28-,31-,32+,33-,34-,35+,36-,37+,38-,42-,43-,46-,47+/m0/s1. The van der Waals surface area contributed by atoms with E-state index in [2.05, 4.69) is 0 Å². The second kappa shape index (κ2) is 22.8. The minimum absolute atomic E-state index is 0.0252. The molecule has 0 unspecified atom stereocenters. The molecule has 64 heavy (non-hydrogen) atoms. The molecule has 3 saturated heterocycles. The fourth-order valence-corrected chi connectivity index (χ4v) is 9.07. The van der Waals surface area contributed by atoms with Gasteiger partial charge in [0.1, 0.15) is 6.10 Å². The Morgan fingerprint density at radius 2 is 1.58 bits per heavy atom. The molecule has 0 spiro atoms. The van der Waals surface area contributed by atoms with E-state index in [1.807, 2.05) is 13.0 Å². The van der Waals surface area contributed by atoms with Gasteiger partial charge in [0.05, 0.1) is 68.8 Å². The molecule has 0 radical (unpaired) electrons. The third kappa shape index (κ3) is 13.8. The van der Waals surface area contributed by atoms with E-state index in [4.69, 9.17) is 37.9 Å². The van der Waals surface area contributed by atoms with Crippen molar-refractivity contribution in [1.82, 2.24) is 0 Å². The number of rotatable bonds is 10. The highest BCUT2D eigenvalue weighted by atomic mass is 16.7. The Hall–Kier alpha value is -3.52. The first-order valence-corrected chi connectivity index (χ1v) is 22.4. The zero-order valence-corrected chi connectivity index (χ0v) is 38.8. The maximum absolute atomic E-state index is 13.5. The van der Waals surface area contributed by atoms with E-state index in [0.717, 1.165) is 12.8 Å². The van der Waals surface area contributed by atoms with Crippen molar-refractivity contribution in [2.24, 2.45) is 16.7 Å². The highest BCUT2D eigenvalue weighted by Gasteiger charge is 2.60. The van der Waals surface area contributed by atoms with Crippen molar-refractivity contribution in [2.45, 2.75) is 192 Å². The Morgan fingerprint density at radius 1 is 0.875 bits per heavy atom. The molecule has 0 saturated carbocycles. The minimum Gasteiger partial charge on any atom is -0.469 e. The fraction of sp³-hybridized carbons (Fsp3) is 0.745. The van der Waals surface area contributed by atoms with Gasteiger partial charge >= 0.3 is 23.9 Å². The Labute approximate surface area is 376 Å². The van der Waals surface area contributed by atoms with Crippen LogP contribution < -0.4 is 0 Å². The molecule has 17 nitrogen and oxygen atoms in total. The molecule has 4 rings (SSSR count). The number of allylic oxidation sites excluding steroid dienone is 3. The van der Waals surface area contributed by atoms with Gasteiger partial charge in [-0.3, -0.25) is 9.59 Å². The van der Waals surface area contributed by atoms with Gasteiger partial charge in [-0.2, -0.15) is 0 Å². The summed E-state index contributed by atoms with van der Waals surface area (Å²) in [7, 11) is 2.47. The minimum atomic E-state index is -2.37. The lowest BCUT2D eigenvalue weighted by Gasteiger charge is -2.54. The van der Waals surface area contributed by atoms with Crippen LogP contribution in [0, 0.1) is 16.7 Å². The van der Waals surface area contributed by atoms with Crippen molar-refractivity contribution in [3.63, 3.8) is 0 Å². The third-order valence-corrected chi connectivity index (χ3v) is 12.9. The normalized spacial score (nSPS) is 37.6. The van der Waals surface area contributed by atoms with Gasteiger partial charge in [0.25, 0.3) is 0 Å². The summed E-state index contributed by atoms with van der Waals surface area (Å²) in [6.07, 6.45) is 1.11. The Morgan fingerprint density at radius 3 is 2.22 bits per heavy atom. The summed E-state index contributed by atoms with van der Waals surface area (Å²) in [4.78, 5) is 51.4. The molecule has 4 heterocycles. The molecular weight excluding hydrogens is 836 g/mol. The number of esters is 4. The van der Waals surface area contributed by atoms with Crippen LogP contribution in [0.5, 0.6) is 0 Å². The summed E-state index contributed by atoms with van der Waals surface area (Å²) in [6.45, 7) is 11.4. The van der Waals surface area contributed by atoms with Crippen LogP contribution in [0.15, 0.2) is 48.1 Å². The molecule has 0 aromatic rings. The highest BCUT2D eigenvalue weighted by Crippen LogP contribution is 2.50. The van der Waals surface area contributed by atoms with E-state index in [0.29, 0.717) is 5.57 Å². The maximum atomic E-state index is 13.5. The van der Waals surface area contributed by atoms with Crippen LogP contribution in [0.3, 0.4) is 0 Å². The van der Waals surface area contributed by atoms with E-state index in [1.165, 1.54) is 46.3 Å². The van der Waals surface area contributed by atoms with Crippen molar-refractivity contribution in [1.29, 1.82) is 0 Å². The lowest BCUT2D eigenvalue weighted by molar-refractivity contribution is -0.354. The summed E-state index contributed by atoms with van der Waals surface area (Å²) in [5, 5.41) is 58.9. The molecule has 5 N–H and O–H groups in total. The molecule has 0 aromatic carbocycles. The number of hydrogen-bond donors (Lipinski definition) is 5. The van der Waals surface area contributed by atoms with Crippen LogP contribution in [-0.2, 0) is 57.1 Å². The maximum Gasteiger partial charge on any atom is 0.331 e. The van der Waals surface area contributed by atoms with Crippen LogP contribution in [0.1, 0.15) is 119 Å². The van der Waals surface area contributed by atoms with Crippen LogP contribution in [0.4, 0.5) is 0 Å². The first kappa shape index (κ1) is 53.1. The molecule has 0 aliphatic carbocycles. The monoisotopic (exact) mass is 908 g/mol. The molecule has 0 amide bonds. The zero-order valence-electron chi connectivity index (χ0n) is 38.8. The number of aliphatic hydroxyl groups excluding tert-OH is 3. The summed E-state index contributed by atoms with van der Waals surface area (Å²) < 4.78 is 47.2. The van der Waals surface area contributed by atoms with E-state index >= 15 is 0 Å². The van der Waals surface area contributed by atoms with E-state index in [9.17, 15) is 44.7 Å². The van der Waals surface area contributed by atoms with Crippen molar-refractivity contribution < 1.29 is 82.6 Å². The molecule has 17 heteroatoms. The van der Waals surface area contributed by atoms with Gasteiger partial charge in [-0.15, -0.1) is 0 Å². The number of carbonyl (C=O) groups is 4. The van der Waals surface area contributed by atoms with Gasteiger partial charge in [-0.25, -0.2) is 9.59 Å². The van der Waals surface area contributed by atoms with Gasteiger partial charge in [-0.05, 0) is 39.0 Å². The zero-order chi connectivity index (χ0) is 47.6. The van der Waals surface area contributed by atoms with Gasteiger partial charge in [0.15, 0.2) is 18.2 Å². The number of carbonyl (C=O) groups excluding carboxylic acids is 4. The smallest absolute Gasteiger partial charge is 0.331 e. The molecular formula is C47H72O17. The Balaban J connectivity index is 1.87. The second-order valence-corrected chi connectivity index (χ2v) is 18.8. The van der Waals surface area contributed by atoms with Crippen LogP contribution in [0.2, 0.25) is 0 Å². The van der Waals surface area contributed by atoms with Crippen LogP contribution >= 0.6 is 0 Å². The van der Waals surface area contributed by atoms with Crippen molar-refractivity contribution >= 4 is 23.9 Å². The molecule has 4 aliphatic heterocycles. The van der Waals surface area contributed by atoms with Crippen LogP contribution in [0.25, 0.3) is 0 Å². The molecule has 6 bridgehead atoms. The topological polar surface area (TPSA) is 243 Å². The number of methoxy groups -OCH3 is 2. The van der Waals surface area contributed by atoms with Gasteiger partial charge in [0, 0.05) is 56.1 Å². The number of ether oxygens (including phenoxy) is 8. The fourth-order valence-electron chi connectivity index (χ4n) is 9.07. The van der Waals surface area contributed by atoms with Crippen LogP contribution in [-0.4, -0.2) is 136 Å². The Kier molecular flexibility index (Phi) is 18.9. The molecule has 4 aliphatic rings. The lowest BCUT2D eigenvalue weighted by atomic mass is 9.70. The molecule has 3 fully saturated rings. The molecule has 13 atom stereocenters. The predicted molar refractivity (Wildman–Crippen MR) is 229 cm³/mol. The largest absolute Gasteiger partial charge is 0.469 e. The molecule has 0 aromatic heterocycles. The highest BCUT2D eigenvalue weighted by molar-refractivity contribution is 5.83. The van der Waals surface area contributed by atoms with Gasteiger partial charge < -0.3 is 63.4 Å². The summed E-state index contributed by atoms with van der Waals surface area (Å²) in [6, 6.07) is 0. The molecule has 362 valence electrons.